The Labute approximate surface area is 158 Å². The number of aromatic nitrogens is 1. The molecule has 2 atom stereocenters. The lowest BCUT2D eigenvalue weighted by Gasteiger charge is -2.20. The van der Waals surface area contributed by atoms with E-state index in [4.69, 9.17) is 4.42 Å². The van der Waals surface area contributed by atoms with Gasteiger partial charge in [0.2, 0.25) is 11.8 Å². The van der Waals surface area contributed by atoms with Crippen LogP contribution in [0.1, 0.15) is 18.5 Å². The van der Waals surface area contributed by atoms with Gasteiger partial charge in [-0.3, -0.25) is 4.79 Å². The van der Waals surface area contributed by atoms with Gasteiger partial charge in [-0.05, 0) is 49.9 Å². The van der Waals surface area contributed by atoms with Gasteiger partial charge in [0.25, 0.3) is 0 Å². The van der Waals surface area contributed by atoms with Crippen LogP contribution in [-0.4, -0.2) is 47.7 Å². The molecular weight excluding hydrogens is 346 g/mol. The summed E-state index contributed by atoms with van der Waals surface area (Å²) in [5, 5.41) is 3.48. The topological polar surface area (TPSA) is 58.4 Å². The first-order chi connectivity index (χ1) is 12.8. The molecule has 138 valence electrons. The number of nitrogens with zero attached hydrogens (tertiary/aromatic N) is 2. The van der Waals surface area contributed by atoms with Crippen LogP contribution in [0.15, 0.2) is 41.0 Å². The number of likely N-dealkylation sites (tertiary alicyclic amines) is 1. The number of fused-ring (bicyclic) bond motifs is 1. The Morgan fingerprint density at radius 3 is 2.65 bits per heavy atom. The van der Waals surface area contributed by atoms with E-state index in [1.54, 1.807) is 18.0 Å². The highest BCUT2D eigenvalue weighted by Gasteiger charge is 2.31. The van der Waals surface area contributed by atoms with Crippen LogP contribution in [0.3, 0.4) is 0 Å². The molecule has 2 aliphatic rings. The maximum Gasteiger partial charge on any atom is 0.232 e. The molecule has 5 nitrogen and oxygen atoms in total. The predicted octanol–water partition coefficient (Wildman–Crippen LogP) is 3.03. The standard InChI is InChI=1S/C20H25N3O2S/c24-19(23-8-6-16-10-21-11-17(16)7-9-23)14-26-13-18-12-25-20(22-18)15-4-2-1-3-5-15/h1-5,12,16-17,21H,6-11,13-14H2/t16-,17+. The Morgan fingerprint density at radius 2 is 1.92 bits per heavy atom. The van der Waals surface area contributed by atoms with Crippen LogP contribution in [0.25, 0.3) is 11.5 Å². The molecule has 2 aromatic rings. The van der Waals surface area contributed by atoms with Crippen LogP contribution in [-0.2, 0) is 10.5 Å². The molecule has 0 aliphatic carbocycles. The SMILES string of the molecule is O=C(CSCc1coc(-c2ccccc2)n1)N1CC[C@@H]2CNC[C@@H]2CC1. The molecule has 2 saturated heterocycles. The van der Waals surface area contributed by atoms with Crippen molar-refractivity contribution < 1.29 is 9.21 Å². The summed E-state index contributed by atoms with van der Waals surface area (Å²) < 4.78 is 5.56. The maximum atomic E-state index is 12.5. The number of amides is 1. The van der Waals surface area contributed by atoms with E-state index in [2.05, 4.69) is 15.2 Å². The van der Waals surface area contributed by atoms with Crippen LogP contribution in [0.5, 0.6) is 0 Å². The number of carbonyl (C=O) groups is 1. The number of benzene rings is 1. The van der Waals surface area contributed by atoms with E-state index in [1.165, 1.54) is 0 Å². The monoisotopic (exact) mass is 371 g/mol. The van der Waals surface area contributed by atoms with Crippen LogP contribution < -0.4 is 5.32 Å². The summed E-state index contributed by atoms with van der Waals surface area (Å²) in [5.74, 6) is 3.63. The summed E-state index contributed by atoms with van der Waals surface area (Å²) in [7, 11) is 0. The first-order valence-corrected chi connectivity index (χ1v) is 10.5. The van der Waals surface area contributed by atoms with Crippen LogP contribution in [0.4, 0.5) is 0 Å². The van der Waals surface area contributed by atoms with Crippen molar-refractivity contribution in [3.05, 3.63) is 42.3 Å². The number of hydrogen-bond donors (Lipinski definition) is 1. The molecule has 0 unspecified atom stereocenters. The van der Waals surface area contributed by atoms with Crippen molar-refractivity contribution in [2.45, 2.75) is 18.6 Å². The molecule has 0 bridgehead atoms. The second-order valence-corrected chi connectivity index (χ2v) is 8.12. The van der Waals surface area contributed by atoms with Crippen molar-refractivity contribution in [1.82, 2.24) is 15.2 Å². The Hall–Kier alpha value is -1.79. The second kappa shape index (κ2) is 8.27. The molecule has 0 radical (unpaired) electrons. The lowest BCUT2D eigenvalue weighted by atomic mass is 9.92. The zero-order valence-electron chi connectivity index (χ0n) is 14.9. The number of hydrogen-bond acceptors (Lipinski definition) is 5. The second-order valence-electron chi connectivity index (χ2n) is 7.14. The molecular formula is C20H25N3O2S. The van der Waals surface area contributed by atoms with Gasteiger partial charge in [0.15, 0.2) is 0 Å². The fraction of sp³-hybridized carbons (Fsp3) is 0.500. The van der Waals surface area contributed by atoms with Crippen LogP contribution in [0.2, 0.25) is 0 Å². The predicted molar refractivity (Wildman–Crippen MR) is 104 cm³/mol. The largest absolute Gasteiger partial charge is 0.444 e. The van der Waals surface area contributed by atoms with Crippen molar-refractivity contribution in [3.63, 3.8) is 0 Å². The van der Waals surface area contributed by atoms with Gasteiger partial charge >= 0.3 is 0 Å². The summed E-state index contributed by atoms with van der Waals surface area (Å²) >= 11 is 1.62. The quantitative estimate of drug-likeness (QED) is 0.875. The molecule has 1 N–H and O–H groups in total. The number of carbonyl (C=O) groups excluding carboxylic acids is 1. The van der Waals surface area contributed by atoms with Gasteiger partial charge in [-0.15, -0.1) is 11.8 Å². The summed E-state index contributed by atoms with van der Waals surface area (Å²) in [6.45, 7) is 4.06. The summed E-state index contributed by atoms with van der Waals surface area (Å²) in [6.07, 6.45) is 3.97. The van der Waals surface area contributed by atoms with E-state index >= 15 is 0 Å². The number of thioether (sulfide) groups is 1. The average Bonchev–Trinajstić information content (AvgIpc) is 3.28. The van der Waals surface area contributed by atoms with Gasteiger partial charge in [-0.25, -0.2) is 4.98 Å². The van der Waals surface area contributed by atoms with E-state index in [-0.39, 0.29) is 5.91 Å². The van der Waals surface area contributed by atoms with Crippen molar-refractivity contribution in [1.29, 1.82) is 0 Å². The van der Waals surface area contributed by atoms with E-state index < -0.39 is 0 Å². The molecule has 2 aliphatic heterocycles. The van der Waals surface area contributed by atoms with Gasteiger partial charge in [-0.1, -0.05) is 18.2 Å². The van der Waals surface area contributed by atoms with Gasteiger partial charge < -0.3 is 14.6 Å². The van der Waals surface area contributed by atoms with Crippen LogP contribution in [0, 0.1) is 11.8 Å². The van der Waals surface area contributed by atoms with Gasteiger partial charge in [0, 0.05) is 24.4 Å². The molecule has 2 fully saturated rings. The third-order valence-corrected chi connectivity index (χ3v) is 6.37. The minimum atomic E-state index is 0.259. The average molecular weight is 372 g/mol. The van der Waals surface area contributed by atoms with E-state index in [9.17, 15) is 4.79 Å². The summed E-state index contributed by atoms with van der Waals surface area (Å²) in [4.78, 5) is 19.1. The molecule has 6 heteroatoms. The highest BCUT2D eigenvalue weighted by atomic mass is 32.2. The zero-order chi connectivity index (χ0) is 17.8. The molecule has 3 heterocycles. The zero-order valence-corrected chi connectivity index (χ0v) is 15.7. The van der Waals surface area contributed by atoms with Gasteiger partial charge in [0.1, 0.15) is 6.26 Å². The van der Waals surface area contributed by atoms with E-state index in [0.717, 1.165) is 62.1 Å². The van der Waals surface area contributed by atoms with Crippen molar-refractivity contribution in [2.75, 3.05) is 31.9 Å². The van der Waals surface area contributed by atoms with Crippen molar-refractivity contribution >= 4 is 17.7 Å². The normalized spacial score (nSPS) is 22.8. The fourth-order valence-corrected chi connectivity index (χ4v) is 4.69. The van der Waals surface area contributed by atoms with Gasteiger partial charge in [0.05, 0.1) is 11.4 Å². The Morgan fingerprint density at radius 1 is 1.19 bits per heavy atom. The third kappa shape index (κ3) is 4.13. The van der Waals surface area contributed by atoms with E-state index in [1.807, 2.05) is 30.3 Å². The van der Waals surface area contributed by atoms with Crippen LogP contribution >= 0.6 is 11.8 Å². The highest BCUT2D eigenvalue weighted by molar-refractivity contribution is 7.99. The molecule has 1 amide bonds. The van der Waals surface area contributed by atoms with Crippen molar-refractivity contribution in [3.8, 4) is 11.5 Å². The molecule has 4 rings (SSSR count). The lowest BCUT2D eigenvalue weighted by molar-refractivity contribution is -0.128. The first kappa shape index (κ1) is 17.6. The van der Waals surface area contributed by atoms with Crippen molar-refractivity contribution in [2.24, 2.45) is 11.8 Å². The lowest BCUT2D eigenvalue weighted by Crippen LogP contribution is -2.34. The highest BCUT2D eigenvalue weighted by Crippen LogP contribution is 2.27. The molecule has 0 saturated carbocycles. The number of nitrogens with one attached hydrogen (secondary N) is 1. The molecule has 26 heavy (non-hydrogen) atoms. The maximum absolute atomic E-state index is 12.5. The third-order valence-electron chi connectivity index (χ3n) is 5.42. The van der Waals surface area contributed by atoms with E-state index in [0.29, 0.717) is 17.4 Å². The molecule has 1 aromatic carbocycles. The van der Waals surface area contributed by atoms with Gasteiger partial charge in [-0.2, -0.15) is 0 Å². The fourth-order valence-electron chi connectivity index (χ4n) is 3.89. The smallest absolute Gasteiger partial charge is 0.232 e. The number of rotatable bonds is 5. The summed E-state index contributed by atoms with van der Waals surface area (Å²) in [6, 6.07) is 9.88. The molecule has 1 aromatic heterocycles. The number of oxazole rings is 1. The summed E-state index contributed by atoms with van der Waals surface area (Å²) in [5.41, 5.74) is 1.86. The molecule has 0 spiro atoms. The first-order valence-electron chi connectivity index (χ1n) is 9.35. The Balaban J connectivity index is 1.24. The Kier molecular flexibility index (Phi) is 5.60. The Bertz CT molecular complexity index is 720. The minimum absolute atomic E-state index is 0.259. The minimum Gasteiger partial charge on any atom is -0.444 e.